The number of hydrogen-bond donors (Lipinski definition) is 0. The molecule has 3 heteroatoms. The van der Waals surface area contributed by atoms with E-state index in [1.807, 2.05) is 0 Å². The van der Waals surface area contributed by atoms with Crippen LogP contribution >= 0.6 is 11.6 Å². The summed E-state index contributed by atoms with van der Waals surface area (Å²) in [6.07, 6.45) is 10.4. The van der Waals surface area contributed by atoms with Gasteiger partial charge in [-0.2, -0.15) is 0 Å². The Hall–Kier alpha value is -0.240. The highest BCUT2D eigenvalue weighted by Gasteiger charge is 2.05. The highest BCUT2D eigenvalue weighted by atomic mass is 35.5. The molecule has 17 heavy (non-hydrogen) atoms. The SMILES string of the molecule is CCCCCCCCC[C@@H](C)COC(=O)CCl. The third kappa shape index (κ3) is 12.0. The molecule has 2 nitrogen and oxygen atoms in total. The molecule has 0 amide bonds. The van der Waals surface area contributed by atoms with Gasteiger partial charge < -0.3 is 4.74 Å². The van der Waals surface area contributed by atoms with Gasteiger partial charge in [0, 0.05) is 0 Å². The molecule has 0 rings (SSSR count). The van der Waals surface area contributed by atoms with E-state index in [9.17, 15) is 4.79 Å². The summed E-state index contributed by atoms with van der Waals surface area (Å²) in [5.41, 5.74) is 0. The summed E-state index contributed by atoms with van der Waals surface area (Å²) in [4.78, 5) is 10.8. The normalized spacial score (nSPS) is 12.4. The van der Waals surface area contributed by atoms with Crippen LogP contribution in [-0.4, -0.2) is 18.5 Å². The van der Waals surface area contributed by atoms with Crippen molar-refractivity contribution in [2.45, 2.75) is 65.2 Å². The Morgan fingerprint density at radius 2 is 1.71 bits per heavy atom. The topological polar surface area (TPSA) is 26.3 Å². The van der Waals surface area contributed by atoms with Crippen molar-refractivity contribution in [2.75, 3.05) is 12.5 Å². The predicted octanol–water partition coefficient (Wildman–Crippen LogP) is 4.55. The maximum Gasteiger partial charge on any atom is 0.320 e. The summed E-state index contributed by atoms with van der Waals surface area (Å²) in [5.74, 6) is 0.111. The van der Waals surface area contributed by atoms with Crippen LogP contribution in [-0.2, 0) is 9.53 Å². The van der Waals surface area contributed by atoms with Crippen molar-refractivity contribution in [1.29, 1.82) is 0 Å². The minimum atomic E-state index is -0.307. The minimum Gasteiger partial charge on any atom is -0.465 e. The number of hydrogen-bond acceptors (Lipinski definition) is 2. The molecule has 0 aliphatic carbocycles. The van der Waals surface area contributed by atoms with E-state index in [-0.39, 0.29) is 11.8 Å². The Morgan fingerprint density at radius 3 is 2.29 bits per heavy atom. The Bertz CT molecular complexity index is 183. The Balaban J connectivity index is 3.21. The minimum absolute atomic E-state index is 0.0376. The fourth-order valence-corrected chi connectivity index (χ4v) is 1.88. The van der Waals surface area contributed by atoms with Crippen LogP contribution in [0.5, 0.6) is 0 Å². The number of unbranched alkanes of at least 4 members (excludes halogenated alkanes) is 6. The number of alkyl halides is 1. The first-order valence-corrected chi connectivity index (χ1v) is 7.45. The quantitative estimate of drug-likeness (QED) is 0.310. The maximum absolute atomic E-state index is 10.8. The van der Waals surface area contributed by atoms with Gasteiger partial charge in [0.15, 0.2) is 0 Å². The molecule has 0 spiro atoms. The molecule has 0 bridgehead atoms. The monoisotopic (exact) mass is 262 g/mol. The van der Waals surface area contributed by atoms with E-state index in [1.54, 1.807) is 0 Å². The highest BCUT2D eigenvalue weighted by molar-refractivity contribution is 6.26. The molecular formula is C14H27ClO2. The van der Waals surface area contributed by atoms with Crippen molar-refractivity contribution < 1.29 is 9.53 Å². The van der Waals surface area contributed by atoms with Gasteiger partial charge in [-0.1, -0.05) is 58.8 Å². The van der Waals surface area contributed by atoms with Crippen molar-refractivity contribution in [3.8, 4) is 0 Å². The second-order valence-electron chi connectivity index (χ2n) is 4.83. The first-order chi connectivity index (χ1) is 8.20. The molecule has 0 unspecified atom stereocenters. The Labute approximate surface area is 111 Å². The van der Waals surface area contributed by atoms with E-state index < -0.39 is 0 Å². The zero-order valence-electron chi connectivity index (χ0n) is 11.3. The van der Waals surface area contributed by atoms with Crippen LogP contribution in [0.25, 0.3) is 0 Å². The smallest absolute Gasteiger partial charge is 0.320 e. The molecule has 0 fully saturated rings. The van der Waals surface area contributed by atoms with Gasteiger partial charge in [0.2, 0.25) is 0 Å². The van der Waals surface area contributed by atoms with E-state index in [0.717, 1.165) is 6.42 Å². The molecule has 0 aromatic heterocycles. The zero-order chi connectivity index (χ0) is 12.9. The fraction of sp³-hybridized carbons (Fsp3) is 0.929. The van der Waals surface area contributed by atoms with Crippen molar-refractivity contribution >= 4 is 17.6 Å². The molecule has 0 aliphatic rings. The van der Waals surface area contributed by atoms with Crippen molar-refractivity contribution in [3.63, 3.8) is 0 Å². The molecule has 0 N–H and O–H groups in total. The standard InChI is InChI=1S/C14H27ClO2/c1-3-4-5-6-7-8-9-10-13(2)12-17-14(16)11-15/h13H,3-12H2,1-2H3/t13-/m1/s1. The van der Waals surface area contributed by atoms with E-state index >= 15 is 0 Å². The van der Waals surface area contributed by atoms with Gasteiger partial charge in [-0.25, -0.2) is 0 Å². The molecule has 0 aliphatic heterocycles. The van der Waals surface area contributed by atoms with E-state index in [1.165, 1.54) is 44.9 Å². The maximum atomic E-state index is 10.8. The summed E-state index contributed by atoms with van der Waals surface area (Å²) in [6.45, 7) is 4.88. The van der Waals surface area contributed by atoms with Gasteiger partial charge in [0.1, 0.15) is 5.88 Å². The summed E-state index contributed by atoms with van der Waals surface area (Å²) in [7, 11) is 0. The molecule has 0 radical (unpaired) electrons. The second-order valence-corrected chi connectivity index (χ2v) is 5.10. The average Bonchev–Trinajstić information content (AvgIpc) is 2.34. The van der Waals surface area contributed by atoms with E-state index in [4.69, 9.17) is 16.3 Å². The Morgan fingerprint density at radius 1 is 1.12 bits per heavy atom. The van der Waals surface area contributed by atoms with Crippen molar-refractivity contribution in [3.05, 3.63) is 0 Å². The highest BCUT2D eigenvalue weighted by Crippen LogP contribution is 2.12. The lowest BCUT2D eigenvalue weighted by molar-refractivity contribution is -0.141. The van der Waals surface area contributed by atoms with E-state index in [2.05, 4.69) is 13.8 Å². The summed E-state index contributed by atoms with van der Waals surface area (Å²) in [5, 5.41) is 0. The van der Waals surface area contributed by atoms with Crippen LogP contribution in [0, 0.1) is 5.92 Å². The van der Waals surface area contributed by atoms with Crippen LogP contribution in [0.1, 0.15) is 65.2 Å². The lowest BCUT2D eigenvalue weighted by Crippen LogP contribution is -2.12. The van der Waals surface area contributed by atoms with Crippen LogP contribution < -0.4 is 0 Å². The van der Waals surface area contributed by atoms with Gasteiger partial charge in [-0.15, -0.1) is 11.6 Å². The largest absolute Gasteiger partial charge is 0.465 e. The lowest BCUT2D eigenvalue weighted by atomic mass is 10.0. The van der Waals surface area contributed by atoms with Gasteiger partial charge in [-0.3, -0.25) is 4.79 Å². The lowest BCUT2D eigenvalue weighted by Gasteiger charge is -2.11. The van der Waals surface area contributed by atoms with Gasteiger partial charge in [0.05, 0.1) is 6.61 Å². The summed E-state index contributed by atoms with van der Waals surface area (Å²) < 4.78 is 4.99. The summed E-state index contributed by atoms with van der Waals surface area (Å²) >= 11 is 5.35. The van der Waals surface area contributed by atoms with Crippen LogP contribution in [0.15, 0.2) is 0 Å². The predicted molar refractivity (Wildman–Crippen MR) is 73.5 cm³/mol. The number of halogens is 1. The number of esters is 1. The second kappa shape index (κ2) is 12.2. The summed E-state index contributed by atoms with van der Waals surface area (Å²) in [6, 6.07) is 0. The molecule has 0 heterocycles. The first kappa shape index (κ1) is 16.8. The number of carbonyl (C=O) groups is 1. The molecule has 0 aromatic carbocycles. The molecular weight excluding hydrogens is 236 g/mol. The van der Waals surface area contributed by atoms with Crippen LogP contribution in [0.4, 0.5) is 0 Å². The first-order valence-electron chi connectivity index (χ1n) is 6.92. The van der Waals surface area contributed by atoms with Crippen LogP contribution in [0.2, 0.25) is 0 Å². The Kier molecular flexibility index (Phi) is 12.1. The van der Waals surface area contributed by atoms with Gasteiger partial charge in [0.25, 0.3) is 0 Å². The molecule has 102 valence electrons. The molecule has 0 saturated heterocycles. The van der Waals surface area contributed by atoms with Crippen LogP contribution in [0.3, 0.4) is 0 Å². The van der Waals surface area contributed by atoms with Gasteiger partial charge in [-0.05, 0) is 12.3 Å². The number of carbonyl (C=O) groups excluding carboxylic acids is 1. The number of rotatable bonds is 11. The van der Waals surface area contributed by atoms with Gasteiger partial charge >= 0.3 is 5.97 Å². The van der Waals surface area contributed by atoms with Crippen molar-refractivity contribution in [1.82, 2.24) is 0 Å². The molecule has 1 atom stereocenters. The molecule has 0 saturated carbocycles. The zero-order valence-corrected chi connectivity index (χ0v) is 12.1. The third-order valence-electron chi connectivity index (χ3n) is 2.94. The van der Waals surface area contributed by atoms with E-state index in [0.29, 0.717) is 12.5 Å². The third-order valence-corrected chi connectivity index (χ3v) is 3.16. The average molecular weight is 263 g/mol. The fourth-order valence-electron chi connectivity index (χ4n) is 1.81. The number of ether oxygens (including phenoxy) is 1. The molecule has 0 aromatic rings. The van der Waals surface area contributed by atoms with Crippen molar-refractivity contribution in [2.24, 2.45) is 5.92 Å².